The van der Waals surface area contributed by atoms with Gasteiger partial charge in [-0.2, -0.15) is 0 Å². The van der Waals surface area contributed by atoms with Gasteiger partial charge in [0.1, 0.15) is 0 Å². The van der Waals surface area contributed by atoms with Crippen molar-refractivity contribution in [2.75, 3.05) is 5.32 Å². The van der Waals surface area contributed by atoms with Gasteiger partial charge in [-0.25, -0.2) is 4.79 Å². The first kappa shape index (κ1) is 17.2. The predicted molar refractivity (Wildman–Crippen MR) is 93.5 cm³/mol. The topological polar surface area (TPSA) is 55.4 Å². The maximum atomic E-state index is 12.1. The summed E-state index contributed by atoms with van der Waals surface area (Å²) in [5.41, 5.74) is 2.27. The van der Waals surface area contributed by atoms with Crippen molar-refractivity contribution in [2.45, 2.75) is 26.4 Å². The Hall–Kier alpha value is -2.14. The molecule has 0 aliphatic rings. The second-order valence-corrected chi connectivity index (χ2v) is 6.01. The number of esters is 1. The zero-order valence-corrected chi connectivity index (χ0v) is 14.6. The minimum atomic E-state index is -0.878. The van der Waals surface area contributed by atoms with Gasteiger partial charge >= 0.3 is 5.97 Å². The molecule has 2 aromatic carbocycles. The predicted octanol–water partition coefficient (Wildman–Crippen LogP) is 4.20. The van der Waals surface area contributed by atoms with E-state index in [2.05, 4.69) is 28.2 Å². The minimum absolute atomic E-state index is 0.361. The maximum Gasteiger partial charge on any atom is 0.338 e. The highest BCUT2D eigenvalue weighted by Crippen LogP contribution is 2.13. The van der Waals surface area contributed by atoms with Gasteiger partial charge in [-0.1, -0.05) is 35.0 Å². The van der Waals surface area contributed by atoms with E-state index in [0.717, 1.165) is 10.9 Å². The molecule has 5 heteroatoms. The molecule has 0 aromatic heterocycles. The molecule has 120 valence electrons. The third kappa shape index (κ3) is 4.93. The van der Waals surface area contributed by atoms with Crippen molar-refractivity contribution in [1.29, 1.82) is 0 Å². The Kier molecular flexibility index (Phi) is 5.93. The first-order chi connectivity index (χ1) is 11.0. The van der Waals surface area contributed by atoms with Gasteiger partial charge in [0.05, 0.1) is 5.56 Å². The summed E-state index contributed by atoms with van der Waals surface area (Å²) in [7, 11) is 0. The number of rotatable bonds is 5. The highest BCUT2D eigenvalue weighted by atomic mass is 79.9. The van der Waals surface area contributed by atoms with Crippen molar-refractivity contribution in [3.05, 3.63) is 64.1 Å². The third-order valence-corrected chi connectivity index (χ3v) is 3.89. The molecule has 1 atom stereocenters. The molecule has 23 heavy (non-hydrogen) atoms. The van der Waals surface area contributed by atoms with Crippen LogP contribution >= 0.6 is 15.9 Å². The lowest BCUT2D eigenvalue weighted by atomic mass is 10.1. The molecule has 2 rings (SSSR count). The van der Waals surface area contributed by atoms with Gasteiger partial charge in [0.25, 0.3) is 5.91 Å². The summed E-state index contributed by atoms with van der Waals surface area (Å²) in [6.45, 7) is 3.61. The number of carbonyl (C=O) groups excluding carboxylic acids is 2. The van der Waals surface area contributed by atoms with Gasteiger partial charge < -0.3 is 10.1 Å². The van der Waals surface area contributed by atoms with Crippen LogP contribution in [0.15, 0.2) is 53.0 Å². The highest BCUT2D eigenvalue weighted by Gasteiger charge is 2.19. The Morgan fingerprint density at radius 2 is 1.70 bits per heavy atom. The number of aryl methyl sites for hydroxylation is 1. The molecule has 1 N–H and O–H groups in total. The quantitative estimate of drug-likeness (QED) is 0.796. The Labute approximate surface area is 144 Å². The average molecular weight is 376 g/mol. The van der Waals surface area contributed by atoms with Crippen LogP contribution in [0.2, 0.25) is 0 Å². The van der Waals surface area contributed by atoms with Crippen LogP contribution in [0.5, 0.6) is 0 Å². The van der Waals surface area contributed by atoms with Crippen LogP contribution in [0, 0.1) is 0 Å². The van der Waals surface area contributed by atoms with Crippen LogP contribution in [0.3, 0.4) is 0 Å². The normalized spacial score (nSPS) is 11.6. The number of carbonyl (C=O) groups is 2. The van der Waals surface area contributed by atoms with Gasteiger partial charge in [0, 0.05) is 10.2 Å². The van der Waals surface area contributed by atoms with E-state index in [9.17, 15) is 9.59 Å². The van der Waals surface area contributed by atoms with Crippen molar-refractivity contribution in [3.63, 3.8) is 0 Å². The van der Waals surface area contributed by atoms with Crippen LogP contribution in [0.25, 0.3) is 0 Å². The Morgan fingerprint density at radius 1 is 1.09 bits per heavy atom. The van der Waals surface area contributed by atoms with Gasteiger partial charge in [0.15, 0.2) is 6.10 Å². The van der Waals surface area contributed by atoms with Crippen molar-refractivity contribution in [2.24, 2.45) is 0 Å². The number of hydrogen-bond acceptors (Lipinski definition) is 3. The molecule has 0 saturated carbocycles. The van der Waals surface area contributed by atoms with Crippen LogP contribution < -0.4 is 5.32 Å². The molecule has 4 nitrogen and oxygen atoms in total. The minimum Gasteiger partial charge on any atom is -0.449 e. The molecule has 0 aliphatic carbocycles. The summed E-state index contributed by atoms with van der Waals surface area (Å²) < 4.78 is 6.06. The van der Waals surface area contributed by atoms with E-state index in [-0.39, 0.29) is 5.91 Å². The molecular formula is C18H18BrNO3. The Bertz CT molecular complexity index is 680. The molecule has 0 bridgehead atoms. The molecule has 0 radical (unpaired) electrons. The van der Waals surface area contributed by atoms with Crippen molar-refractivity contribution in [3.8, 4) is 0 Å². The van der Waals surface area contributed by atoms with E-state index in [1.165, 1.54) is 5.56 Å². The van der Waals surface area contributed by atoms with E-state index < -0.39 is 12.1 Å². The smallest absolute Gasteiger partial charge is 0.338 e. The van der Waals surface area contributed by atoms with Gasteiger partial charge in [0.2, 0.25) is 0 Å². The molecule has 0 unspecified atom stereocenters. The second kappa shape index (κ2) is 7.92. The number of anilines is 1. The molecule has 0 fully saturated rings. The van der Waals surface area contributed by atoms with Gasteiger partial charge in [-0.3, -0.25) is 4.79 Å². The average Bonchev–Trinajstić information content (AvgIpc) is 2.56. The van der Waals surface area contributed by atoms with E-state index >= 15 is 0 Å². The van der Waals surface area contributed by atoms with Crippen molar-refractivity contribution < 1.29 is 14.3 Å². The fourth-order valence-corrected chi connectivity index (χ4v) is 2.20. The van der Waals surface area contributed by atoms with Crippen LogP contribution in [-0.2, 0) is 16.0 Å². The summed E-state index contributed by atoms with van der Waals surface area (Å²) in [6.07, 6.45) is 0.0621. The van der Waals surface area contributed by atoms with E-state index in [1.807, 2.05) is 24.3 Å². The summed E-state index contributed by atoms with van der Waals surface area (Å²) in [5, 5.41) is 2.74. The zero-order valence-electron chi connectivity index (χ0n) is 13.0. The fourth-order valence-electron chi connectivity index (χ4n) is 1.94. The number of ether oxygens (including phenoxy) is 1. The highest BCUT2D eigenvalue weighted by molar-refractivity contribution is 9.10. The van der Waals surface area contributed by atoms with E-state index in [0.29, 0.717) is 11.3 Å². The number of amides is 1. The zero-order chi connectivity index (χ0) is 16.8. The standard InChI is InChI=1S/C18H18BrNO3/c1-3-13-4-10-16(11-5-13)20-17(21)12(2)23-18(22)14-6-8-15(19)9-7-14/h4-12H,3H2,1-2H3,(H,20,21)/t12-/m0/s1. The van der Waals surface area contributed by atoms with Crippen LogP contribution in [0.4, 0.5) is 5.69 Å². The number of hydrogen-bond donors (Lipinski definition) is 1. The molecule has 0 spiro atoms. The summed E-state index contributed by atoms with van der Waals surface area (Å²) in [6, 6.07) is 14.3. The first-order valence-electron chi connectivity index (χ1n) is 7.36. The van der Waals surface area contributed by atoms with Gasteiger partial charge in [-0.15, -0.1) is 0 Å². The molecule has 0 heterocycles. The number of halogens is 1. The molecule has 0 saturated heterocycles. The summed E-state index contributed by atoms with van der Waals surface area (Å²) in [5.74, 6) is -0.888. The third-order valence-electron chi connectivity index (χ3n) is 3.36. The Balaban J connectivity index is 1.93. The molecular weight excluding hydrogens is 358 g/mol. The monoisotopic (exact) mass is 375 g/mol. The molecule has 0 aliphatic heterocycles. The Morgan fingerprint density at radius 3 is 2.26 bits per heavy atom. The summed E-state index contributed by atoms with van der Waals surface area (Å²) >= 11 is 3.30. The molecule has 1 amide bonds. The lowest BCUT2D eigenvalue weighted by Crippen LogP contribution is -2.30. The number of nitrogens with one attached hydrogen (secondary N) is 1. The van der Waals surface area contributed by atoms with E-state index in [1.54, 1.807) is 31.2 Å². The number of benzene rings is 2. The molecule has 2 aromatic rings. The van der Waals surface area contributed by atoms with E-state index in [4.69, 9.17) is 4.74 Å². The van der Waals surface area contributed by atoms with Gasteiger partial charge in [-0.05, 0) is 55.3 Å². The fraction of sp³-hybridized carbons (Fsp3) is 0.222. The van der Waals surface area contributed by atoms with Crippen molar-refractivity contribution >= 4 is 33.5 Å². The maximum absolute atomic E-state index is 12.1. The SMILES string of the molecule is CCc1ccc(NC(=O)[C@H](C)OC(=O)c2ccc(Br)cc2)cc1. The second-order valence-electron chi connectivity index (χ2n) is 5.09. The summed E-state index contributed by atoms with van der Waals surface area (Å²) in [4.78, 5) is 24.1. The van der Waals surface area contributed by atoms with Crippen molar-refractivity contribution in [1.82, 2.24) is 0 Å². The van der Waals surface area contributed by atoms with Crippen LogP contribution in [-0.4, -0.2) is 18.0 Å². The van der Waals surface area contributed by atoms with Crippen LogP contribution in [0.1, 0.15) is 29.8 Å². The lowest BCUT2D eigenvalue weighted by molar-refractivity contribution is -0.123. The largest absolute Gasteiger partial charge is 0.449 e. The lowest BCUT2D eigenvalue weighted by Gasteiger charge is -2.14. The first-order valence-corrected chi connectivity index (χ1v) is 8.15.